The van der Waals surface area contributed by atoms with Crippen LogP contribution in [0.2, 0.25) is 0 Å². The number of carbonyl (C=O) groups excluding carboxylic acids is 3. The molecule has 1 spiro atoms. The summed E-state index contributed by atoms with van der Waals surface area (Å²) in [6, 6.07) is 11.4. The van der Waals surface area contributed by atoms with Gasteiger partial charge in [-0.3, -0.25) is 19.4 Å². The van der Waals surface area contributed by atoms with Gasteiger partial charge in [-0.25, -0.2) is 4.79 Å². The topological polar surface area (TPSA) is 85.0 Å². The minimum Gasteiger partial charge on any atom is -0.353 e. The number of benzene rings is 1. The summed E-state index contributed by atoms with van der Waals surface area (Å²) in [4.78, 5) is 45.8. The van der Waals surface area contributed by atoms with Gasteiger partial charge in [0.2, 0.25) is 5.91 Å². The summed E-state index contributed by atoms with van der Waals surface area (Å²) in [5.74, 6) is -0.654. The molecule has 0 radical (unpaired) electrons. The largest absolute Gasteiger partial charge is 0.353 e. The maximum Gasteiger partial charge on any atom is 0.325 e. The van der Waals surface area contributed by atoms with E-state index >= 15 is 0 Å². The van der Waals surface area contributed by atoms with E-state index < -0.39 is 11.6 Å². The van der Waals surface area contributed by atoms with Crippen LogP contribution in [0.4, 0.5) is 4.79 Å². The van der Waals surface area contributed by atoms with Gasteiger partial charge >= 0.3 is 6.03 Å². The molecule has 0 bridgehead atoms. The fraction of sp³-hybridized carbons (Fsp3) is 0.458. The molecule has 1 aromatic heterocycles. The van der Waals surface area contributed by atoms with E-state index in [0.29, 0.717) is 13.0 Å². The first kappa shape index (κ1) is 22.1. The highest BCUT2D eigenvalue weighted by Crippen LogP contribution is 2.41. The van der Waals surface area contributed by atoms with Gasteiger partial charge in [-0.1, -0.05) is 30.3 Å². The number of hydrogen-bond donors (Lipinski definition) is 2. The number of amides is 4. The van der Waals surface area contributed by atoms with Crippen LogP contribution in [0.25, 0.3) is 0 Å². The number of thiophene rings is 1. The Kier molecular flexibility index (Phi) is 5.94. The predicted molar refractivity (Wildman–Crippen MR) is 126 cm³/mol. The molecule has 2 fully saturated rings. The fourth-order valence-electron chi connectivity index (χ4n) is 5.17. The predicted octanol–water partition coefficient (Wildman–Crippen LogP) is 1.55. The van der Waals surface area contributed by atoms with Crippen LogP contribution >= 0.6 is 11.3 Å². The molecule has 3 heterocycles. The van der Waals surface area contributed by atoms with E-state index in [4.69, 9.17) is 0 Å². The molecule has 4 amide bonds. The van der Waals surface area contributed by atoms with Crippen molar-refractivity contribution in [1.29, 1.82) is 0 Å². The van der Waals surface area contributed by atoms with Crippen molar-refractivity contribution in [3.8, 4) is 0 Å². The van der Waals surface area contributed by atoms with E-state index in [-0.39, 0.29) is 24.4 Å². The number of hydrogen-bond acceptors (Lipinski definition) is 6. The standard InChI is InChI=1S/C24H29N5O3S/c1-27-10-12-28(13-11-27)19(20-7-4-14-33-20)15-25-21(30)16-29-22(31)24(26-23(29)32)9-8-17-5-2-3-6-18(17)24/h2-7,14,19H,8-13,15-16H2,1H3,(H,25,30)(H,26,32)/t19-,24+/m0/s1. The summed E-state index contributed by atoms with van der Waals surface area (Å²) < 4.78 is 0. The molecule has 2 N–H and O–H groups in total. The number of piperazine rings is 1. The van der Waals surface area contributed by atoms with Crippen LogP contribution in [-0.2, 0) is 21.5 Å². The third-order valence-electron chi connectivity index (χ3n) is 7.07. The zero-order valence-electron chi connectivity index (χ0n) is 18.8. The molecule has 0 unspecified atom stereocenters. The maximum atomic E-state index is 13.3. The molecule has 2 saturated heterocycles. The zero-order valence-corrected chi connectivity index (χ0v) is 19.6. The van der Waals surface area contributed by atoms with Crippen LogP contribution in [0.1, 0.15) is 28.5 Å². The Hall–Kier alpha value is -2.75. The van der Waals surface area contributed by atoms with Crippen LogP contribution in [0.15, 0.2) is 41.8 Å². The average Bonchev–Trinajstić information content (AvgIpc) is 3.52. The number of nitrogens with zero attached hydrogens (tertiary/aromatic N) is 3. The monoisotopic (exact) mass is 467 g/mol. The number of imide groups is 1. The number of fused-ring (bicyclic) bond motifs is 2. The molecular weight excluding hydrogens is 438 g/mol. The minimum atomic E-state index is -1.03. The van der Waals surface area contributed by atoms with Crippen molar-refractivity contribution in [2.75, 3.05) is 46.3 Å². The maximum absolute atomic E-state index is 13.3. The van der Waals surface area contributed by atoms with Gasteiger partial charge in [0, 0.05) is 37.6 Å². The summed E-state index contributed by atoms with van der Waals surface area (Å²) in [6.07, 6.45) is 1.26. The quantitative estimate of drug-likeness (QED) is 0.630. The number of likely N-dealkylation sites (N-methyl/N-ethyl adjacent to an activating group) is 1. The molecule has 2 aliphatic heterocycles. The molecule has 1 aromatic carbocycles. The molecule has 9 heteroatoms. The van der Waals surface area contributed by atoms with E-state index in [1.807, 2.05) is 35.7 Å². The first-order valence-electron chi connectivity index (χ1n) is 11.4. The first-order chi connectivity index (χ1) is 16.0. The molecule has 5 rings (SSSR count). The van der Waals surface area contributed by atoms with Crippen molar-refractivity contribution in [2.45, 2.75) is 24.4 Å². The zero-order chi connectivity index (χ0) is 23.0. The average molecular weight is 468 g/mol. The SMILES string of the molecule is CN1CCN([C@@H](CNC(=O)CN2C(=O)N[C@@]3(CCc4ccccc43)C2=O)c2cccs2)CC1. The van der Waals surface area contributed by atoms with Crippen molar-refractivity contribution in [3.05, 3.63) is 57.8 Å². The number of rotatable bonds is 6. The Bertz CT molecular complexity index is 1050. The molecule has 2 aromatic rings. The van der Waals surface area contributed by atoms with Gasteiger partial charge in [-0.15, -0.1) is 11.3 Å². The number of nitrogens with one attached hydrogen (secondary N) is 2. The first-order valence-corrected chi connectivity index (χ1v) is 12.3. The van der Waals surface area contributed by atoms with Crippen LogP contribution in [0, 0.1) is 0 Å². The van der Waals surface area contributed by atoms with Crippen LogP contribution in [0.5, 0.6) is 0 Å². The number of carbonyl (C=O) groups is 3. The minimum absolute atomic E-state index is 0.0822. The number of urea groups is 1. The second kappa shape index (κ2) is 8.89. The second-order valence-electron chi connectivity index (χ2n) is 9.06. The van der Waals surface area contributed by atoms with Gasteiger partial charge in [0.15, 0.2) is 0 Å². The van der Waals surface area contributed by atoms with Gasteiger partial charge in [-0.2, -0.15) is 0 Å². The molecule has 1 aliphatic carbocycles. The summed E-state index contributed by atoms with van der Waals surface area (Å²) >= 11 is 1.68. The Labute approximate surface area is 197 Å². The van der Waals surface area contributed by atoms with Gasteiger partial charge in [0.25, 0.3) is 5.91 Å². The summed E-state index contributed by atoms with van der Waals surface area (Å²) in [5.41, 5.74) is 0.885. The summed E-state index contributed by atoms with van der Waals surface area (Å²) in [5, 5.41) is 7.91. The molecular formula is C24H29N5O3S. The molecule has 0 saturated carbocycles. The van der Waals surface area contributed by atoms with E-state index in [1.165, 1.54) is 4.88 Å². The Morgan fingerprint density at radius 2 is 1.94 bits per heavy atom. The number of aryl methyl sites for hydroxylation is 1. The van der Waals surface area contributed by atoms with Gasteiger partial charge in [0.1, 0.15) is 12.1 Å². The van der Waals surface area contributed by atoms with Crippen molar-refractivity contribution in [3.63, 3.8) is 0 Å². The Morgan fingerprint density at radius 1 is 1.15 bits per heavy atom. The Balaban J connectivity index is 1.24. The fourth-order valence-corrected chi connectivity index (χ4v) is 6.03. The lowest BCUT2D eigenvalue weighted by atomic mass is 9.92. The van der Waals surface area contributed by atoms with Crippen molar-refractivity contribution in [2.24, 2.45) is 0 Å². The lowest BCUT2D eigenvalue weighted by Gasteiger charge is -2.37. The smallest absolute Gasteiger partial charge is 0.325 e. The highest BCUT2D eigenvalue weighted by atomic mass is 32.1. The normalized spacial score (nSPS) is 24.2. The molecule has 174 valence electrons. The van der Waals surface area contributed by atoms with E-state index in [2.05, 4.69) is 33.5 Å². The van der Waals surface area contributed by atoms with Crippen molar-refractivity contribution < 1.29 is 14.4 Å². The highest BCUT2D eigenvalue weighted by Gasteiger charge is 2.55. The van der Waals surface area contributed by atoms with E-state index in [1.54, 1.807) is 11.3 Å². The van der Waals surface area contributed by atoms with E-state index in [0.717, 1.165) is 48.6 Å². The van der Waals surface area contributed by atoms with Crippen molar-refractivity contribution in [1.82, 2.24) is 25.3 Å². The highest BCUT2D eigenvalue weighted by molar-refractivity contribution is 7.10. The van der Waals surface area contributed by atoms with Crippen LogP contribution < -0.4 is 10.6 Å². The molecule has 8 nitrogen and oxygen atoms in total. The van der Waals surface area contributed by atoms with Crippen LogP contribution in [-0.4, -0.2) is 78.9 Å². The Morgan fingerprint density at radius 3 is 2.70 bits per heavy atom. The van der Waals surface area contributed by atoms with Crippen LogP contribution in [0.3, 0.4) is 0 Å². The van der Waals surface area contributed by atoms with E-state index in [9.17, 15) is 14.4 Å². The van der Waals surface area contributed by atoms with Gasteiger partial charge < -0.3 is 15.5 Å². The third-order valence-corrected chi connectivity index (χ3v) is 8.04. The lowest BCUT2D eigenvalue weighted by Crippen LogP contribution is -2.49. The molecule has 33 heavy (non-hydrogen) atoms. The second-order valence-corrected chi connectivity index (χ2v) is 10.0. The lowest BCUT2D eigenvalue weighted by molar-refractivity contribution is -0.135. The summed E-state index contributed by atoms with van der Waals surface area (Å²) in [7, 11) is 2.12. The third kappa shape index (κ3) is 4.05. The van der Waals surface area contributed by atoms with Crippen molar-refractivity contribution >= 4 is 29.2 Å². The molecule has 3 aliphatic rings. The van der Waals surface area contributed by atoms with Gasteiger partial charge in [-0.05, 0) is 42.5 Å². The molecule has 2 atom stereocenters. The summed E-state index contributed by atoms with van der Waals surface area (Å²) in [6.45, 7) is 4.02. The van der Waals surface area contributed by atoms with Gasteiger partial charge in [0.05, 0.1) is 6.04 Å².